The number of aromatic nitrogens is 3. The average molecular weight is 474 g/mol. The molecule has 2 aromatic rings. The third-order valence-electron chi connectivity index (χ3n) is 4.03. The Balaban J connectivity index is 0.00000338. The molecule has 0 bridgehead atoms. The molecule has 0 saturated heterocycles. The van der Waals surface area contributed by atoms with Crippen molar-refractivity contribution in [3.05, 3.63) is 35.0 Å². The number of hydrogen-bond acceptors (Lipinski definition) is 4. The van der Waals surface area contributed by atoms with Gasteiger partial charge in [-0.3, -0.25) is 9.67 Å². The van der Waals surface area contributed by atoms with E-state index < -0.39 is 0 Å². The molecule has 0 radical (unpaired) electrons. The highest BCUT2D eigenvalue weighted by Gasteiger charge is 2.10. The van der Waals surface area contributed by atoms with Crippen molar-refractivity contribution in [1.29, 1.82) is 0 Å². The van der Waals surface area contributed by atoms with E-state index in [2.05, 4.69) is 64.3 Å². The Morgan fingerprint density at radius 1 is 1.23 bits per heavy atom. The minimum Gasteiger partial charge on any atom is -0.359 e. The van der Waals surface area contributed by atoms with Crippen LogP contribution in [0.1, 0.15) is 49.5 Å². The lowest BCUT2D eigenvalue weighted by molar-refractivity contribution is 0.371. The quantitative estimate of drug-likeness (QED) is 0.366. The molecule has 2 aromatic heterocycles. The molecule has 2 N–H and O–H groups in total. The third kappa shape index (κ3) is 6.62. The number of halogens is 1. The van der Waals surface area contributed by atoms with E-state index >= 15 is 0 Å². The van der Waals surface area contributed by atoms with Crippen molar-refractivity contribution in [2.24, 2.45) is 10.9 Å². The zero-order valence-corrected chi connectivity index (χ0v) is 18.9. The predicted molar refractivity (Wildman–Crippen MR) is 115 cm³/mol. The SMILES string of the molecule is CN=C(NCc1cc(C(C)C)no1)NCC(C)Cn1nc(C)cc1C.I. The van der Waals surface area contributed by atoms with E-state index in [1.54, 1.807) is 7.05 Å². The maximum absolute atomic E-state index is 5.33. The number of guanidine groups is 1. The molecule has 0 aliphatic rings. The molecule has 0 fully saturated rings. The monoisotopic (exact) mass is 474 g/mol. The molecule has 0 amide bonds. The Bertz CT molecular complexity index is 706. The summed E-state index contributed by atoms with van der Waals surface area (Å²) in [5.74, 6) is 2.35. The summed E-state index contributed by atoms with van der Waals surface area (Å²) in [6.07, 6.45) is 0. The Morgan fingerprint density at radius 3 is 2.50 bits per heavy atom. The van der Waals surface area contributed by atoms with Gasteiger partial charge in [0.2, 0.25) is 0 Å². The van der Waals surface area contributed by atoms with Crippen LogP contribution in [0.15, 0.2) is 21.6 Å². The van der Waals surface area contributed by atoms with Crippen molar-refractivity contribution in [1.82, 2.24) is 25.6 Å². The van der Waals surface area contributed by atoms with Crippen LogP contribution in [0.2, 0.25) is 0 Å². The molecule has 0 spiro atoms. The minimum atomic E-state index is 0. The van der Waals surface area contributed by atoms with Crippen LogP contribution in [0.25, 0.3) is 0 Å². The van der Waals surface area contributed by atoms with Gasteiger partial charge in [-0.25, -0.2) is 0 Å². The summed E-state index contributed by atoms with van der Waals surface area (Å²) in [6, 6.07) is 4.08. The van der Waals surface area contributed by atoms with Crippen molar-refractivity contribution in [3.8, 4) is 0 Å². The normalized spacial score (nSPS) is 12.8. The standard InChI is InChI=1S/C18H30N6O.HI/c1-12(2)17-8-16(25-23-17)10-21-18(19-6)20-9-13(3)11-24-15(5)7-14(4)22-24;/h7-8,12-13H,9-11H2,1-6H3,(H2,19,20,21);1H. The van der Waals surface area contributed by atoms with Crippen molar-refractivity contribution in [3.63, 3.8) is 0 Å². The van der Waals surface area contributed by atoms with Crippen LogP contribution in [0.5, 0.6) is 0 Å². The average Bonchev–Trinajstić information content (AvgIpc) is 3.14. The number of nitrogens with zero attached hydrogens (tertiary/aromatic N) is 4. The van der Waals surface area contributed by atoms with Gasteiger partial charge in [0.15, 0.2) is 11.7 Å². The zero-order valence-electron chi connectivity index (χ0n) is 16.5. The van der Waals surface area contributed by atoms with E-state index in [1.807, 2.05) is 13.0 Å². The molecule has 2 rings (SSSR count). The van der Waals surface area contributed by atoms with Crippen LogP contribution in [0, 0.1) is 19.8 Å². The van der Waals surface area contributed by atoms with Crippen molar-refractivity contribution >= 4 is 29.9 Å². The van der Waals surface area contributed by atoms with Crippen molar-refractivity contribution in [2.45, 2.75) is 53.6 Å². The number of aryl methyl sites for hydroxylation is 2. The van der Waals surface area contributed by atoms with Gasteiger partial charge in [-0.2, -0.15) is 5.10 Å². The van der Waals surface area contributed by atoms with E-state index in [-0.39, 0.29) is 24.0 Å². The molecule has 0 aromatic carbocycles. The van der Waals surface area contributed by atoms with E-state index in [9.17, 15) is 0 Å². The smallest absolute Gasteiger partial charge is 0.191 e. The first-order valence-corrected chi connectivity index (χ1v) is 8.80. The van der Waals surface area contributed by atoms with Crippen molar-refractivity contribution in [2.75, 3.05) is 13.6 Å². The summed E-state index contributed by atoms with van der Waals surface area (Å²) in [5.41, 5.74) is 3.22. The Kier molecular flexibility index (Phi) is 9.11. The lowest BCUT2D eigenvalue weighted by atomic mass is 10.1. The van der Waals surface area contributed by atoms with Gasteiger partial charge in [0, 0.05) is 31.9 Å². The topological polar surface area (TPSA) is 80.3 Å². The molecule has 2 heterocycles. The molecule has 0 aliphatic carbocycles. The van der Waals surface area contributed by atoms with Crippen LogP contribution in [-0.2, 0) is 13.1 Å². The number of nitrogens with one attached hydrogen (secondary N) is 2. The first-order valence-electron chi connectivity index (χ1n) is 8.80. The fourth-order valence-corrected chi connectivity index (χ4v) is 2.57. The molecular formula is C18H31IN6O. The highest BCUT2D eigenvalue weighted by atomic mass is 127. The Labute approximate surface area is 173 Å². The van der Waals surface area contributed by atoms with Crippen LogP contribution in [-0.4, -0.2) is 34.5 Å². The van der Waals surface area contributed by atoms with E-state index in [0.717, 1.165) is 36.2 Å². The zero-order chi connectivity index (χ0) is 18.4. The first-order chi connectivity index (χ1) is 11.9. The number of aliphatic imine (C=N–C) groups is 1. The molecule has 8 heteroatoms. The van der Waals surface area contributed by atoms with Gasteiger partial charge in [-0.05, 0) is 31.7 Å². The molecule has 26 heavy (non-hydrogen) atoms. The maximum atomic E-state index is 5.33. The summed E-state index contributed by atoms with van der Waals surface area (Å²) in [4.78, 5) is 4.26. The molecule has 146 valence electrons. The van der Waals surface area contributed by atoms with Gasteiger partial charge in [-0.1, -0.05) is 25.9 Å². The Morgan fingerprint density at radius 2 is 1.96 bits per heavy atom. The largest absolute Gasteiger partial charge is 0.359 e. The van der Waals surface area contributed by atoms with Gasteiger partial charge in [0.05, 0.1) is 17.9 Å². The van der Waals surface area contributed by atoms with E-state index in [4.69, 9.17) is 4.52 Å². The highest BCUT2D eigenvalue weighted by molar-refractivity contribution is 14.0. The van der Waals surface area contributed by atoms with Crippen LogP contribution < -0.4 is 10.6 Å². The summed E-state index contributed by atoms with van der Waals surface area (Å²) >= 11 is 0. The molecule has 7 nitrogen and oxygen atoms in total. The fourth-order valence-electron chi connectivity index (χ4n) is 2.57. The van der Waals surface area contributed by atoms with Gasteiger partial charge in [0.25, 0.3) is 0 Å². The second-order valence-corrected chi connectivity index (χ2v) is 6.89. The summed E-state index contributed by atoms with van der Waals surface area (Å²) in [5, 5.41) is 15.2. The molecule has 1 atom stereocenters. The molecule has 0 saturated carbocycles. The predicted octanol–water partition coefficient (Wildman–Crippen LogP) is 3.23. The number of rotatable bonds is 7. The van der Waals surface area contributed by atoms with Crippen LogP contribution >= 0.6 is 24.0 Å². The van der Waals surface area contributed by atoms with Crippen LogP contribution in [0.4, 0.5) is 0 Å². The van der Waals surface area contributed by atoms with Gasteiger partial charge in [0.1, 0.15) is 0 Å². The van der Waals surface area contributed by atoms with Gasteiger partial charge < -0.3 is 15.2 Å². The maximum Gasteiger partial charge on any atom is 0.191 e. The summed E-state index contributed by atoms with van der Waals surface area (Å²) in [6.45, 7) is 12.7. The third-order valence-corrected chi connectivity index (χ3v) is 4.03. The second-order valence-electron chi connectivity index (χ2n) is 6.89. The van der Waals surface area contributed by atoms with Gasteiger partial charge in [-0.15, -0.1) is 24.0 Å². The van der Waals surface area contributed by atoms with Gasteiger partial charge >= 0.3 is 0 Å². The highest BCUT2D eigenvalue weighted by Crippen LogP contribution is 2.13. The van der Waals surface area contributed by atoms with E-state index in [0.29, 0.717) is 18.4 Å². The molecular weight excluding hydrogens is 443 g/mol. The van der Waals surface area contributed by atoms with Crippen LogP contribution in [0.3, 0.4) is 0 Å². The summed E-state index contributed by atoms with van der Waals surface area (Å²) in [7, 11) is 1.76. The minimum absolute atomic E-state index is 0. The molecule has 0 aliphatic heterocycles. The van der Waals surface area contributed by atoms with E-state index in [1.165, 1.54) is 5.69 Å². The van der Waals surface area contributed by atoms with Crippen molar-refractivity contribution < 1.29 is 4.52 Å². The lowest BCUT2D eigenvalue weighted by Crippen LogP contribution is -2.39. The molecule has 1 unspecified atom stereocenters. The first kappa shape index (κ1) is 22.5. The Hall–Kier alpha value is -1.58. The second kappa shape index (κ2) is 10.5. The fraction of sp³-hybridized carbons (Fsp3) is 0.611. The number of hydrogen-bond donors (Lipinski definition) is 2. The summed E-state index contributed by atoms with van der Waals surface area (Å²) < 4.78 is 7.39. The lowest BCUT2D eigenvalue weighted by Gasteiger charge is -2.16.